The summed E-state index contributed by atoms with van der Waals surface area (Å²) in [6.45, 7) is 5.11. The predicted octanol–water partition coefficient (Wildman–Crippen LogP) is 2.05. The van der Waals surface area contributed by atoms with Gasteiger partial charge >= 0.3 is 0 Å². The van der Waals surface area contributed by atoms with Crippen LogP contribution in [-0.4, -0.2) is 52.1 Å². The standard InChI is InChI=1S/C20H24N4O4/c1-13-10-23(19(25)9-14-2-3-16-17(8-14)28-12-27-16)11-18-21-22-20(24(13)18)15-4-6-26-7-5-15/h2-3,8,13,15H,4-7,9-12H2,1H3/t13-/m0/s1. The molecule has 4 heterocycles. The highest BCUT2D eigenvalue weighted by Crippen LogP contribution is 2.33. The molecule has 28 heavy (non-hydrogen) atoms. The first-order valence-electron chi connectivity index (χ1n) is 9.87. The molecule has 0 unspecified atom stereocenters. The maximum absolute atomic E-state index is 12.9. The molecule has 1 atom stereocenters. The van der Waals surface area contributed by atoms with Crippen molar-refractivity contribution in [2.24, 2.45) is 0 Å². The van der Waals surface area contributed by atoms with Crippen molar-refractivity contribution in [2.45, 2.75) is 44.7 Å². The average molecular weight is 384 g/mol. The highest BCUT2D eigenvalue weighted by Gasteiger charge is 2.32. The number of fused-ring (bicyclic) bond motifs is 2. The third-order valence-electron chi connectivity index (χ3n) is 5.78. The zero-order valence-electron chi connectivity index (χ0n) is 16.0. The molecule has 0 aliphatic carbocycles. The van der Waals surface area contributed by atoms with Crippen LogP contribution in [0.4, 0.5) is 0 Å². The molecule has 0 N–H and O–H groups in total. The summed E-state index contributed by atoms with van der Waals surface area (Å²) in [7, 11) is 0. The summed E-state index contributed by atoms with van der Waals surface area (Å²) >= 11 is 0. The minimum absolute atomic E-state index is 0.0904. The number of carbonyl (C=O) groups excluding carboxylic acids is 1. The molecule has 5 rings (SSSR count). The van der Waals surface area contributed by atoms with Gasteiger partial charge in [-0.05, 0) is 37.5 Å². The highest BCUT2D eigenvalue weighted by molar-refractivity contribution is 5.79. The van der Waals surface area contributed by atoms with E-state index in [9.17, 15) is 4.79 Å². The van der Waals surface area contributed by atoms with E-state index < -0.39 is 0 Å². The van der Waals surface area contributed by atoms with Gasteiger partial charge in [-0.25, -0.2) is 0 Å². The molecule has 1 saturated heterocycles. The summed E-state index contributed by atoms with van der Waals surface area (Å²) < 4.78 is 18.5. The molecular formula is C20H24N4O4. The number of carbonyl (C=O) groups is 1. The van der Waals surface area contributed by atoms with Crippen LogP contribution in [0.3, 0.4) is 0 Å². The van der Waals surface area contributed by atoms with Crippen LogP contribution in [0.2, 0.25) is 0 Å². The second kappa shape index (κ2) is 7.09. The molecule has 3 aliphatic heterocycles. The van der Waals surface area contributed by atoms with Gasteiger partial charge in [0.1, 0.15) is 5.82 Å². The van der Waals surface area contributed by atoms with Gasteiger partial charge < -0.3 is 23.7 Å². The summed E-state index contributed by atoms with van der Waals surface area (Å²) in [4.78, 5) is 14.8. The molecule has 8 nitrogen and oxygen atoms in total. The monoisotopic (exact) mass is 384 g/mol. The predicted molar refractivity (Wildman–Crippen MR) is 99.2 cm³/mol. The second-order valence-electron chi connectivity index (χ2n) is 7.72. The van der Waals surface area contributed by atoms with Gasteiger partial charge in [0, 0.05) is 25.7 Å². The molecule has 2 aromatic rings. The lowest BCUT2D eigenvalue weighted by Crippen LogP contribution is -2.41. The van der Waals surface area contributed by atoms with Crippen LogP contribution in [0.1, 0.15) is 48.9 Å². The molecule has 0 bridgehead atoms. The Morgan fingerprint density at radius 3 is 2.86 bits per heavy atom. The maximum Gasteiger partial charge on any atom is 0.231 e. The Labute approximate surface area is 163 Å². The average Bonchev–Trinajstić information content (AvgIpc) is 3.35. The van der Waals surface area contributed by atoms with Gasteiger partial charge in [-0.3, -0.25) is 4.79 Å². The lowest BCUT2D eigenvalue weighted by molar-refractivity contribution is -0.132. The minimum atomic E-state index is 0.0904. The largest absolute Gasteiger partial charge is 0.454 e. The number of amides is 1. The number of rotatable bonds is 3. The third kappa shape index (κ3) is 3.11. The Morgan fingerprint density at radius 2 is 2.00 bits per heavy atom. The van der Waals surface area contributed by atoms with E-state index in [1.54, 1.807) is 0 Å². The lowest BCUT2D eigenvalue weighted by Gasteiger charge is -2.34. The molecule has 148 valence electrons. The van der Waals surface area contributed by atoms with Crippen LogP contribution in [0.25, 0.3) is 0 Å². The maximum atomic E-state index is 12.9. The minimum Gasteiger partial charge on any atom is -0.454 e. The third-order valence-corrected chi connectivity index (χ3v) is 5.78. The molecule has 0 spiro atoms. The van der Waals surface area contributed by atoms with Gasteiger partial charge in [-0.15, -0.1) is 10.2 Å². The molecule has 1 amide bonds. The zero-order valence-corrected chi connectivity index (χ0v) is 16.0. The van der Waals surface area contributed by atoms with Crippen molar-refractivity contribution < 1.29 is 19.0 Å². The van der Waals surface area contributed by atoms with Crippen LogP contribution in [-0.2, 0) is 22.5 Å². The Kier molecular flexibility index (Phi) is 4.43. The van der Waals surface area contributed by atoms with E-state index in [2.05, 4.69) is 21.7 Å². The van der Waals surface area contributed by atoms with Gasteiger partial charge in [0.05, 0.1) is 19.0 Å². The molecule has 0 radical (unpaired) electrons. The van der Waals surface area contributed by atoms with Gasteiger partial charge in [-0.2, -0.15) is 0 Å². The smallest absolute Gasteiger partial charge is 0.231 e. The topological polar surface area (TPSA) is 78.7 Å². The van der Waals surface area contributed by atoms with E-state index in [-0.39, 0.29) is 18.7 Å². The quantitative estimate of drug-likeness (QED) is 0.806. The van der Waals surface area contributed by atoms with Crippen molar-refractivity contribution in [1.82, 2.24) is 19.7 Å². The second-order valence-corrected chi connectivity index (χ2v) is 7.72. The van der Waals surface area contributed by atoms with Crippen molar-refractivity contribution >= 4 is 5.91 Å². The van der Waals surface area contributed by atoms with Gasteiger partial charge in [0.15, 0.2) is 17.3 Å². The van der Waals surface area contributed by atoms with Gasteiger partial charge in [0.25, 0.3) is 0 Å². The van der Waals surface area contributed by atoms with Crippen molar-refractivity contribution in [3.8, 4) is 11.5 Å². The number of ether oxygens (including phenoxy) is 3. The summed E-state index contributed by atoms with van der Waals surface area (Å²) in [5, 5.41) is 8.89. The zero-order chi connectivity index (χ0) is 19.1. The number of benzene rings is 1. The van der Waals surface area contributed by atoms with Crippen LogP contribution >= 0.6 is 0 Å². The highest BCUT2D eigenvalue weighted by atomic mass is 16.7. The number of hydrogen-bond donors (Lipinski definition) is 0. The number of nitrogens with zero attached hydrogens (tertiary/aromatic N) is 4. The molecule has 1 fully saturated rings. The first-order valence-corrected chi connectivity index (χ1v) is 9.87. The first kappa shape index (κ1) is 17.5. The van der Waals surface area contributed by atoms with E-state index in [1.165, 1.54) is 0 Å². The van der Waals surface area contributed by atoms with E-state index >= 15 is 0 Å². The summed E-state index contributed by atoms with van der Waals surface area (Å²) in [6.07, 6.45) is 2.31. The van der Waals surface area contributed by atoms with Crippen LogP contribution < -0.4 is 9.47 Å². The van der Waals surface area contributed by atoms with E-state index in [0.29, 0.717) is 31.2 Å². The Balaban J connectivity index is 1.30. The van der Waals surface area contributed by atoms with Crippen LogP contribution in [0, 0.1) is 0 Å². The van der Waals surface area contributed by atoms with Crippen molar-refractivity contribution in [1.29, 1.82) is 0 Å². The van der Waals surface area contributed by atoms with Crippen molar-refractivity contribution in [3.63, 3.8) is 0 Å². The van der Waals surface area contributed by atoms with Crippen molar-refractivity contribution in [3.05, 3.63) is 35.4 Å². The van der Waals surface area contributed by atoms with Gasteiger partial charge in [0.2, 0.25) is 12.7 Å². The van der Waals surface area contributed by atoms with Crippen LogP contribution in [0.15, 0.2) is 18.2 Å². The first-order chi connectivity index (χ1) is 13.7. The fraction of sp³-hybridized carbons (Fsp3) is 0.550. The normalized spacial score (nSPS) is 21.6. The Morgan fingerprint density at radius 1 is 1.18 bits per heavy atom. The molecular weight excluding hydrogens is 360 g/mol. The van der Waals surface area contributed by atoms with Crippen LogP contribution in [0.5, 0.6) is 11.5 Å². The van der Waals surface area contributed by atoms with E-state index in [4.69, 9.17) is 14.2 Å². The summed E-state index contributed by atoms with van der Waals surface area (Å²) in [5.74, 6) is 3.85. The summed E-state index contributed by atoms with van der Waals surface area (Å²) in [6, 6.07) is 5.84. The van der Waals surface area contributed by atoms with Gasteiger partial charge in [-0.1, -0.05) is 6.07 Å². The molecule has 3 aliphatic rings. The fourth-order valence-electron chi connectivity index (χ4n) is 4.32. The number of aromatic nitrogens is 3. The number of hydrogen-bond acceptors (Lipinski definition) is 6. The molecule has 0 saturated carbocycles. The van der Waals surface area contributed by atoms with Crippen molar-refractivity contribution in [2.75, 3.05) is 26.6 Å². The fourth-order valence-corrected chi connectivity index (χ4v) is 4.32. The Hall–Kier alpha value is -2.61. The summed E-state index contributed by atoms with van der Waals surface area (Å²) in [5.41, 5.74) is 0.928. The SMILES string of the molecule is C[C@H]1CN(C(=O)Cc2ccc3c(c2)OCO3)Cc2nnc(C3CCOCC3)n21. The molecule has 1 aromatic heterocycles. The molecule has 1 aromatic carbocycles. The lowest BCUT2D eigenvalue weighted by atomic mass is 9.98. The molecule has 8 heteroatoms. The Bertz CT molecular complexity index is 890. The van der Waals surface area contributed by atoms with E-state index in [1.807, 2.05) is 23.1 Å². The van der Waals surface area contributed by atoms with E-state index in [0.717, 1.165) is 49.0 Å².